The summed E-state index contributed by atoms with van der Waals surface area (Å²) in [5.41, 5.74) is 5.21. The Balaban J connectivity index is 0.000000288. The third-order valence-electron chi connectivity index (χ3n) is 2.42. The van der Waals surface area contributed by atoms with Crippen LogP contribution in [0.25, 0.3) is 0 Å². The maximum atomic E-state index is 5.46. The van der Waals surface area contributed by atoms with Crippen molar-refractivity contribution in [1.82, 2.24) is 5.32 Å². The molecule has 0 aliphatic carbocycles. The number of nitrogens with two attached hydrogens (primary N) is 1. The third-order valence-corrected chi connectivity index (χ3v) is 2.42. The number of nitrogens with one attached hydrogen (secondary N) is 1. The van der Waals surface area contributed by atoms with E-state index in [1.165, 1.54) is 32.1 Å². The van der Waals surface area contributed by atoms with Crippen LogP contribution in [0.4, 0.5) is 0 Å². The molecule has 1 aliphatic heterocycles. The highest BCUT2D eigenvalue weighted by atomic mass is 16.5. The van der Waals surface area contributed by atoms with Crippen LogP contribution in [-0.4, -0.2) is 32.3 Å². The fourth-order valence-electron chi connectivity index (χ4n) is 1.52. The minimum atomic E-state index is 0.490. The first kappa shape index (κ1) is 14.9. The van der Waals surface area contributed by atoms with Gasteiger partial charge in [0.05, 0.1) is 12.7 Å². The second-order valence-electron chi connectivity index (χ2n) is 3.98. The van der Waals surface area contributed by atoms with Crippen molar-refractivity contribution in [1.29, 1.82) is 0 Å². The zero-order valence-electron chi connectivity index (χ0n) is 10.4. The van der Waals surface area contributed by atoms with Crippen molar-refractivity contribution in [3.8, 4) is 0 Å². The molecule has 0 aromatic heterocycles. The fraction of sp³-hybridized carbons (Fsp3) is 1.00. The molecule has 1 fully saturated rings. The molecule has 0 bridgehead atoms. The Kier molecular flexibility index (Phi) is 11.9. The number of rotatable bonds is 5. The Morgan fingerprint density at radius 3 is 2.47 bits per heavy atom. The van der Waals surface area contributed by atoms with Gasteiger partial charge in [-0.25, -0.2) is 0 Å². The van der Waals surface area contributed by atoms with E-state index in [9.17, 15) is 0 Å². The highest BCUT2D eigenvalue weighted by Gasteiger charge is 2.10. The second-order valence-corrected chi connectivity index (χ2v) is 3.98. The number of hydrogen-bond acceptors (Lipinski definition) is 3. The predicted octanol–water partition coefficient (Wildman–Crippen LogP) is 1.91. The minimum Gasteiger partial charge on any atom is -0.376 e. The molecular weight excluding hydrogens is 188 g/mol. The van der Waals surface area contributed by atoms with E-state index in [0.29, 0.717) is 6.10 Å². The zero-order valence-corrected chi connectivity index (χ0v) is 10.4. The fourth-order valence-corrected chi connectivity index (χ4v) is 1.52. The van der Waals surface area contributed by atoms with E-state index in [1.807, 2.05) is 0 Å². The van der Waals surface area contributed by atoms with E-state index in [4.69, 9.17) is 10.5 Å². The average molecular weight is 216 g/mol. The largest absolute Gasteiger partial charge is 0.376 e. The van der Waals surface area contributed by atoms with E-state index >= 15 is 0 Å². The van der Waals surface area contributed by atoms with Gasteiger partial charge in [0.1, 0.15) is 0 Å². The molecule has 1 heterocycles. The standard InChI is InChI=1S/C7H15NO.C5H13N/c1-2-3-7-6-8-4-5-9-7;1-2-3-4-5-6/h7-8H,2-6H2,1H3;2-6H2,1H3. The Morgan fingerprint density at radius 2 is 2.07 bits per heavy atom. The Hall–Kier alpha value is -0.120. The van der Waals surface area contributed by atoms with Gasteiger partial charge in [-0.05, 0) is 19.4 Å². The van der Waals surface area contributed by atoms with Gasteiger partial charge >= 0.3 is 0 Å². The van der Waals surface area contributed by atoms with Crippen molar-refractivity contribution in [2.24, 2.45) is 5.73 Å². The van der Waals surface area contributed by atoms with Crippen LogP contribution in [0, 0.1) is 0 Å². The van der Waals surface area contributed by atoms with Gasteiger partial charge in [0.15, 0.2) is 0 Å². The van der Waals surface area contributed by atoms with Crippen molar-refractivity contribution in [3.05, 3.63) is 0 Å². The number of unbranched alkanes of at least 4 members (excludes halogenated alkanes) is 2. The molecule has 0 radical (unpaired) electrons. The summed E-state index contributed by atoms with van der Waals surface area (Å²) in [6.07, 6.45) is 6.67. The average Bonchev–Trinajstić information content (AvgIpc) is 2.29. The number of morpholine rings is 1. The van der Waals surface area contributed by atoms with Crippen molar-refractivity contribution in [2.75, 3.05) is 26.2 Å². The van der Waals surface area contributed by atoms with Crippen molar-refractivity contribution in [3.63, 3.8) is 0 Å². The summed E-state index contributed by atoms with van der Waals surface area (Å²) in [4.78, 5) is 0. The van der Waals surface area contributed by atoms with E-state index in [1.54, 1.807) is 0 Å². The molecule has 3 nitrogen and oxygen atoms in total. The number of hydrogen-bond donors (Lipinski definition) is 2. The molecule has 3 N–H and O–H groups in total. The van der Waals surface area contributed by atoms with E-state index in [0.717, 1.165) is 26.2 Å². The predicted molar refractivity (Wildman–Crippen MR) is 66.1 cm³/mol. The normalized spacial score (nSPS) is 20.6. The first-order chi connectivity index (χ1) is 7.35. The van der Waals surface area contributed by atoms with Crippen molar-refractivity contribution in [2.45, 2.75) is 52.1 Å². The molecule has 3 heteroatoms. The van der Waals surface area contributed by atoms with Crippen LogP contribution >= 0.6 is 0 Å². The van der Waals surface area contributed by atoms with Crippen LogP contribution in [0.3, 0.4) is 0 Å². The second kappa shape index (κ2) is 12.0. The maximum Gasteiger partial charge on any atom is 0.0700 e. The van der Waals surface area contributed by atoms with Gasteiger partial charge in [0.25, 0.3) is 0 Å². The SMILES string of the molecule is CCCC1CNCCO1.CCCCCN. The summed E-state index contributed by atoms with van der Waals surface area (Å²) in [6.45, 7) is 8.19. The molecule has 0 aromatic rings. The van der Waals surface area contributed by atoms with Crippen LogP contribution < -0.4 is 11.1 Å². The van der Waals surface area contributed by atoms with Gasteiger partial charge < -0.3 is 15.8 Å². The third kappa shape index (κ3) is 10.2. The minimum absolute atomic E-state index is 0.490. The van der Waals surface area contributed by atoms with Crippen LogP contribution in [0.1, 0.15) is 46.0 Å². The van der Waals surface area contributed by atoms with Crippen LogP contribution in [0.5, 0.6) is 0 Å². The zero-order chi connectivity index (χ0) is 11.4. The molecule has 92 valence electrons. The summed E-state index contributed by atoms with van der Waals surface area (Å²) in [5, 5.41) is 3.29. The van der Waals surface area contributed by atoms with Crippen LogP contribution in [0.15, 0.2) is 0 Å². The molecule has 0 spiro atoms. The van der Waals surface area contributed by atoms with Crippen LogP contribution in [-0.2, 0) is 4.74 Å². The molecule has 1 aliphatic rings. The lowest BCUT2D eigenvalue weighted by Crippen LogP contribution is -2.38. The van der Waals surface area contributed by atoms with Crippen molar-refractivity contribution >= 4 is 0 Å². The summed E-state index contributed by atoms with van der Waals surface area (Å²) in [6, 6.07) is 0. The van der Waals surface area contributed by atoms with Gasteiger partial charge in [-0.3, -0.25) is 0 Å². The molecular formula is C12H28N2O. The molecule has 1 atom stereocenters. The summed E-state index contributed by atoms with van der Waals surface area (Å²) in [7, 11) is 0. The van der Waals surface area contributed by atoms with E-state index in [2.05, 4.69) is 19.2 Å². The van der Waals surface area contributed by atoms with Gasteiger partial charge in [-0.1, -0.05) is 33.1 Å². The van der Waals surface area contributed by atoms with Crippen LogP contribution in [0.2, 0.25) is 0 Å². The topological polar surface area (TPSA) is 47.3 Å². The first-order valence-corrected chi connectivity index (χ1v) is 6.37. The molecule has 1 unspecified atom stereocenters. The molecule has 1 saturated heterocycles. The lowest BCUT2D eigenvalue weighted by atomic mass is 10.2. The lowest BCUT2D eigenvalue weighted by molar-refractivity contribution is 0.0232. The van der Waals surface area contributed by atoms with Gasteiger partial charge in [0.2, 0.25) is 0 Å². The summed E-state index contributed by atoms with van der Waals surface area (Å²) < 4.78 is 5.46. The number of ether oxygens (including phenoxy) is 1. The molecule has 15 heavy (non-hydrogen) atoms. The van der Waals surface area contributed by atoms with Gasteiger partial charge in [-0.2, -0.15) is 0 Å². The van der Waals surface area contributed by atoms with Gasteiger partial charge in [0, 0.05) is 13.1 Å². The Bertz CT molecular complexity index is 107. The molecule has 1 rings (SSSR count). The first-order valence-electron chi connectivity index (χ1n) is 6.37. The maximum absolute atomic E-state index is 5.46. The summed E-state index contributed by atoms with van der Waals surface area (Å²) in [5.74, 6) is 0. The van der Waals surface area contributed by atoms with E-state index in [-0.39, 0.29) is 0 Å². The quantitative estimate of drug-likeness (QED) is 0.690. The monoisotopic (exact) mass is 216 g/mol. The lowest BCUT2D eigenvalue weighted by Gasteiger charge is -2.22. The molecule has 0 amide bonds. The highest BCUT2D eigenvalue weighted by Crippen LogP contribution is 2.02. The Morgan fingerprint density at radius 1 is 1.27 bits per heavy atom. The van der Waals surface area contributed by atoms with Crippen molar-refractivity contribution < 1.29 is 4.74 Å². The summed E-state index contributed by atoms with van der Waals surface area (Å²) >= 11 is 0. The Labute approximate surface area is 94.8 Å². The molecule has 0 saturated carbocycles. The van der Waals surface area contributed by atoms with Gasteiger partial charge in [-0.15, -0.1) is 0 Å². The molecule has 0 aromatic carbocycles. The smallest absolute Gasteiger partial charge is 0.0700 e. The van der Waals surface area contributed by atoms with E-state index < -0.39 is 0 Å². The highest BCUT2D eigenvalue weighted by molar-refractivity contribution is 4.65.